The summed E-state index contributed by atoms with van der Waals surface area (Å²) in [6.45, 7) is 4.90. The van der Waals surface area contributed by atoms with Gasteiger partial charge >= 0.3 is 0 Å². The van der Waals surface area contributed by atoms with E-state index in [2.05, 4.69) is 45.5 Å². The van der Waals surface area contributed by atoms with Crippen LogP contribution in [0.1, 0.15) is 36.2 Å². The van der Waals surface area contributed by atoms with Gasteiger partial charge in [-0.1, -0.05) is 48.0 Å². The standard InChI is InChI=1S/C23H25BrN4O2/c1-23(2)16(14-25-21(29)12-15-6-3-4-8-18(15)24)13-20(23)27-22(30)17-7-5-11-28-19(17)9-10-26-28/h3-11,16,20H,12-14H2,1-2H3,(H,25,29)(H,27,30). The van der Waals surface area contributed by atoms with Gasteiger partial charge in [-0.2, -0.15) is 5.10 Å². The Balaban J connectivity index is 1.31. The molecule has 6 nitrogen and oxygen atoms in total. The molecule has 1 aliphatic carbocycles. The van der Waals surface area contributed by atoms with Crippen molar-refractivity contribution in [1.82, 2.24) is 20.2 Å². The molecule has 0 bridgehead atoms. The minimum Gasteiger partial charge on any atom is -0.356 e. The van der Waals surface area contributed by atoms with Gasteiger partial charge in [-0.3, -0.25) is 9.59 Å². The topological polar surface area (TPSA) is 75.5 Å². The lowest BCUT2D eigenvalue weighted by Crippen LogP contribution is -2.60. The number of fused-ring (bicyclic) bond motifs is 1. The number of nitrogens with zero attached hydrogens (tertiary/aromatic N) is 2. The van der Waals surface area contributed by atoms with E-state index in [0.717, 1.165) is 22.0 Å². The summed E-state index contributed by atoms with van der Waals surface area (Å²) in [6.07, 6.45) is 4.71. The first kappa shape index (κ1) is 20.6. The van der Waals surface area contributed by atoms with E-state index in [1.807, 2.05) is 48.7 Å². The minimum absolute atomic E-state index is 0.0117. The van der Waals surface area contributed by atoms with E-state index < -0.39 is 0 Å². The zero-order valence-corrected chi connectivity index (χ0v) is 18.6. The molecular formula is C23H25BrN4O2. The molecule has 1 fully saturated rings. The van der Waals surface area contributed by atoms with Crippen molar-refractivity contribution >= 4 is 33.3 Å². The maximum Gasteiger partial charge on any atom is 0.253 e. The molecule has 30 heavy (non-hydrogen) atoms. The smallest absolute Gasteiger partial charge is 0.253 e. The average Bonchev–Trinajstić information content (AvgIpc) is 3.20. The summed E-state index contributed by atoms with van der Waals surface area (Å²) in [7, 11) is 0. The molecule has 2 heterocycles. The number of aromatic nitrogens is 2. The molecule has 0 aliphatic heterocycles. The Morgan fingerprint density at radius 2 is 2.00 bits per heavy atom. The Morgan fingerprint density at radius 1 is 1.20 bits per heavy atom. The number of benzene rings is 1. The summed E-state index contributed by atoms with van der Waals surface area (Å²) in [5, 5.41) is 10.4. The Bertz CT molecular complexity index is 1090. The van der Waals surface area contributed by atoms with Crippen LogP contribution in [0.25, 0.3) is 5.52 Å². The first-order valence-corrected chi connectivity index (χ1v) is 10.9. The van der Waals surface area contributed by atoms with Gasteiger partial charge in [0.2, 0.25) is 5.91 Å². The summed E-state index contributed by atoms with van der Waals surface area (Å²) >= 11 is 3.48. The zero-order chi connectivity index (χ0) is 21.3. The molecule has 156 valence electrons. The van der Waals surface area contributed by atoms with Crippen LogP contribution in [0.15, 0.2) is 59.3 Å². The molecule has 0 spiro atoms. The molecule has 7 heteroatoms. The van der Waals surface area contributed by atoms with Crippen LogP contribution in [0.2, 0.25) is 0 Å². The number of rotatable bonds is 6. The lowest BCUT2D eigenvalue weighted by molar-refractivity contribution is -0.121. The predicted octanol–water partition coefficient (Wildman–Crippen LogP) is 3.60. The number of halogens is 1. The summed E-state index contributed by atoms with van der Waals surface area (Å²) in [5.41, 5.74) is 2.29. The van der Waals surface area contributed by atoms with Crippen molar-refractivity contribution in [1.29, 1.82) is 0 Å². The van der Waals surface area contributed by atoms with Crippen LogP contribution >= 0.6 is 15.9 Å². The number of nitrogens with one attached hydrogen (secondary N) is 2. The fourth-order valence-electron chi connectivity index (χ4n) is 4.10. The van der Waals surface area contributed by atoms with Gasteiger partial charge in [0.25, 0.3) is 5.91 Å². The van der Waals surface area contributed by atoms with Gasteiger partial charge in [0.05, 0.1) is 23.7 Å². The van der Waals surface area contributed by atoms with Crippen LogP contribution in [0, 0.1) is 11.3 Å². The number of carbonyl (C=O) groups excluding carboxylic acids is 2. The first-order chi connectivity index (χ1) is 14.4. The van der Waals surface area contributed by atoms with Crippen LogP contribution in [0.3, 0.4) is 0 Å². The molecule has 2 aromatic heterocycles. The van der Waals surface area contributed by atoms with Crippen LogP contribution in [-0.2, 0) is 11.2 Å². The molecular weight excluding hydrogens is 444 g/mol. The van der Waals surface area contributed by atoms with Crippen molar-refractivity contribution in [2.24, 2.45) is 11.3 Å². The van der Waals surface area contributed by atoms with E-state index in [1.54, 1.807) is 10.7 Å². The highest BCUT2D eigenvalue weighted by molar-refractivity contribution is 9.10. The Morgan fingerprint density at radius 3 is 2.77 bits per heavy atom. The van der Waals surface area contributed by atoms with Gasteiger partial charge in [-0.05, 0) is 47.6 Å². The van der Waals surface area contributed by atoms with Gasteiger partial charge in [0.1, 0.15) is 0 Å². The molecule has 2 atom stereocenters. The third-order valence-electron chi connectivity index (χ3n) is 6.31. The van der Waals surface area contributed by atoms with Gasteiger partial charge in [0.15, 0.2) is 0 Å². The molecule has 4 rings (SSSR count). The molecule has 3 aromatic rings. The van der Waals surface area contributed by atoms with E-state index in [4.69, 9.17) is 0 Å². The third-order valence-corrected chi connectivity index (χ3v) is 7.08. The third kappa shape index (κ3) is 3.99. The van der Waals surface area contributed by atoms with E-state index in [1.165, 1.54) is 0 Å². The first-order valence-electron chi connectivity index (χ1n) is 10.1. The predicted molar refractivity (Wildman–Crippen MR) is 119 cm³/mol. The monoisotopic (exact) mass is 468 g/mol. The van der Waals surface area contributed by atoms with E-state index in [9.17, 15) is 9.59 Å². The highest BCUT2D eigenvalue weighted by atomic mass is 79.9. The fourth-order valence-corrected chi connectivity index (χ4v) is 4.53. The average molecular weight is 469 g/mol. The van der Waals surface area contributed by atoms with Gasteiger partial charge in [-0.25, -0.2) is 4.52 Å². The molecule has 0 saturated heterocycles. The lowest BCUT2D eigenvalue weighted by atomic mass is 9.58. The fraction of sp³-hybridized carbons (Fsp3) is 0.348. The molecule has 1 saturated carbocycles. The quantitative estimate of drug-likeness (QED) is 0.580. The van der Waals surface area contributed by atoms with Crippen LogP contribution in [-0.4, -0.2) is 34.0 Å². The van der Waals surface area contributed by atoms with Crippen molar-refractivity contribution in [3.63, 3.8) is 0 Å². The second-order valence-corrected chi connectivity index (χ2v) is 9.29. The molecule has 1 aromatic carbocycles. The highest BCUT2D eigenvalue weighted by Crippen LogP contribution is 2.46. The Kier molecular flexibility index (Phi) is 5.64. The molecule has 2 unspecified atom stereocenters. The van der Waals surface area contributed by atoms with Crippen LogP contribution in [0.5, 0.6) is 0 Å². The second-order valence-electron chi connectivity index (χ2n) is 8.44. The highest BCUT2D eigenvalue weighted by Gasteiger charge is 2.48. The Hall–Kier alpha value is -2.67. The van der Waals surface area contributed by atoms with Gasteiger partial charge in [0, 0.05) is 23.3 Å². The summed E-state index contributed by atoms with van der Waals surface area (Å²) in [5.74, 6) is 0.241. The molecule has 2 N–H and O–H groups in total. The van der Waals surface area contributed by atoms with Crippen molar-refractivity contribution in [2.45, 2.75) is 32.7 Å². The summed E-state index contributed by atoms with van der Waals surface area (Å²) in [6, 6.07) is 13.3. The maximum absolute atomic E-state index is 12.8. The normalized spacial score (nSPS) is 19.8. The van der Waals surface area contributed by atoms with Crippen LogP contribution < -0.4 is 10.6 Å². The number of pyridine rings is 1. The summed E-state index contributed by atoms with van der Waals surface area (Å²) < 4.78 is 2.64. The zero-order valence-electron chi connectivity index (χ0n) is 17.1. The van der Waals surface area contributed by atoms with E-state index in [-0.39, 0.29) is 23.3 Å². The second kappa shape index (κ2) is 8.22. The lowest BCUT2D eigenvalue weighted by Gasteiger charge is -2.52. The molecule has 1 aliphatic rings. The van der Waals surface area contributed by atoms with Gasteiger partial charge in [-0.15, -0.1) is 0 Å². The van der Waals surface area contributed by atoms with Gasteiger partial charge < -0.3 is 10.6 Å². The SMILES string of the molecule is CC1(C)C(CNC(=O)Cc2ccccc2Br)CC1NC(=O)c1cccn2nccc12. The van der Waals surface area contributed by atoms with E-state index >= 15 is 0 Å². The van der Waals surface area contributed by atoms with Crippen molar-refractivity contribution in [3.05, 3.63) is 70.5 Å². The van der Waals surface area contributed by atoms with Crippen molar-refractivity contribution in [2.75, 3.05) is 6.54 Å². The molecule has 2 amide bonds. The Labute approximate surface area is 184 Å². The number of hydrogen-bond acceptors (Lipinski definition) is 3. The van der Waals surface area contributed by atoms with Crippen LogP contribution in [0.4, 0.5) is 0 Å². The summed E-state index contributed by atoms with van der Waals surface area (Å²) in [4.78, 5) is 25.2. The number of hydrogen-bond donors (Lipinski definition) is 2. The number of amides is 2. The minimum atomic E-state index is -0.0957. The molecule has 0 radical (unpaired) electrons. The number of carbonyl (C=O) groups is 2. The van der Waals surface area contributed by atoms with E-state index in [0.29, 0.717) is 24.4 Å². The van der Waals surface area contributed by atoms with Crippen molar-refractivity contribution < 1.29 is 9.59 Å². The largest absolute Gasteiger partial charge is 0.356 e. The maximum atomic E-state index is 12.8. The van der Waals surface area contributed by atoms with Crippen molar-refractivity contribution in [3.8, 4) is 0 Å².